The van der Waals surface area contributed by atoms with Crippen molar-refractivity contribution in [2.75, 3.05) is 6.61 Å². The zero-order valence-corrected chi connectivity index (χ0v) is 18.0. The maximum atomic E-state index is 6.44. The van der Waals surface area contributed by atoms with Gasteiger partial charge in [0.2, 0.25) is 12.1 Å². The van der Waals surface area contributed by atoms with E-state index in [1.54, 1.807) is 0 Å². The van der Waals surface area contributed by atoms with Crippen molar-refractivity contribution in [3.05, 3.63) is 108 Å². The van der Waals surface area contributed by atoms with E-state index in [-0.39, 0.29) is 12.2 Å². The van der Waals surface area contributed by atoms with Crippen LogP contribution in [0.3, 0.4) is 0 Å². The van der Waals surface area contributed by atoms with Crippen LogP contribution >= 0.6 is 0 Å². The normalized spacial score (nSPS) is 23.8. The van der Waals surface area contributed by atoms with Gasteiger partial charge in [-0.15, -0.1) is 0 Å². The van der Waals surface area contributed by atoms with E-state index in [0.29, 0.717) is 32.8 Å². The van der Waals surface area contributed by atoms with E-state index in [1.165, 1.54) is 0 Å². The Bertz CT molecular complexity index is 920. The molecule has 2 saturated heterocycles. The van der Waals surface area contributed by atoms with Gasteiger partial charge in [0.1, 0.15) is 6.10 Å². The fraction of sp³-hybridized carbons (Fsp3) is 0.333. The molecule has 0 unspecified atom stereocenters. The molecule has 2 aliphatic rings. The van der Waals surface area contributed by atoms with Crippen molar-refractivity contribution in [2.45, 2.75) is 50.5 Å². The van der Waals surface area contributed by atoms with E-state index >= 15 is 0 Å². The van der Waals surface area contributed by atoms with Crippen LogP contribution in [0.25, 0.3) is 0 Å². The summed E-state index contributed by atoms with van der Waals surface area (Å²) in [6.07, 6.45) is -0.371. The molecule has 5 heteroatoms. The molecule has 2 heterocycles. The third-order valence-electron chi connectivity index (χ3n) is 5.93. The van der Waals surface area contributed by atoms with Gasteiger partial charge in [-0.3, -0.25) is 0 Å². The van der Waals surface area contributed by atoms with Crippen molar-refractivity contribution in [2.24, 2.45) is 0 Å². The van der Waals surface area contributed by atoms with Crippen LogP contribution < -0.4 is 0 Å². The Hall–Kier alpha value is -2.54. The van der Waals surface area contributed by atoms with Crippen molar-refractivity contribution < 1.29 is 23.7 Å². The van der Waals surface area contributed by atoms with E-state index < -0.39 is 12.1 Å². The van der Waals surface area contributed by atoms with Gasteiger partial charge >= 0.3 is 0 Å². The maximum Gasteiger partial charge on any atom is 0.223 e. The average Bonchev–Trinajstić information content (AvgIpc) is 3.31. The minimum atomic E-state index is -1.06. The lowest BCUT2D eigenvalue weighted by Gasteiger charge is -2.43. The number of ether oxygens (including phenoxy) is 5. The van der Waals surface area contributed by atoms with Crippen molar-refractivity contribution in [3.8, 4) is 0 Å². The summed E-state index contributed by atoms with van der Waals surface area (Å²) >= 11 is 0. The molecule has 3 aromatic carbocycles. The highest BCUT2D eigenvalue weighted by molar-refractivity contribution is 5.15. The number of benzene rings is 3. The first-order valence-corrected chi connectivity index (χ1v) is 11.1. The fourth-order valence-corrected chi connectivity index (χ4v) is 4.15. The molecule has 0 radical (unpaired) electrons. The van der Waals surface area contributed by atoms with Gasteiger partial charge in [-0.25, -0.2) is 0 Å². The van der Waals surface area contributed by atoms with Crippen molar-refractivity contribution in [1.29, 1.82) is 0 Å². The van der Waals surface area contributed by atoms with E-state index in [4.69, 9.17) is 23.7 Å². The van der Waals surface area contributed by atoms with Crippen LogP contribution in [0.5, 0.6) is 0 Å². The van der Waals surface area contributed by atoms with Crippen LogP contribution in [-0.2, 0) is 43.5 Å². The molecule has 2 bridgehead atoms. The summed E-state index contributed by atoms with van der Waals surface area (Å²) in [7, 11) is 0. The predicted molar refractivity (Wildman–Crippen MR) is 119 cm³/mol. The Labute approximate surface area is 188 Å². The molecule has 3 atom stereocenters. The molecule has 166 valence electrons. The average molecular weight is 433 g/mol. The number of hydrogen-bond donors (Lipinski definition) is 0. The molecule has 32 heavy (non-hydrogen) atoms. The molecule has 0 aliphatic carbocycles. The second kappa shape index (κ2) is 9.94. The summed E-state index contributed by atoms with van der Waals surface area (Å²) in [5.41, 5.74) is 3.25. The van der Waals surface area contributed by atoms with Gasteiger partial charge in [0.05, 0.1) is 32.5 Å². The molecule has 5 rings (SSSR count). The van der Waals surface area contributed by atoms with Crippen LogP contribution in [0.15, 0.2) is 91.0 Å². The molecule has 5 nitrogen and oxygen atoms in total. The smallest absolute Gasteiger partial charge is 0.223 e. The van der Waals surface area contributed by atoms with E-state index in [0.717, 1.165) is 16.7 Å². The molecule has 0 amide bonds. The van der Waals surface area contributed by atoms with Crippen LogP contribution in [0.2, 0.25) is 0 Å². The van der Waals surface area contributed by atoms with Crippen LogP contribution in [-0.4, -0.2) is 30.9 Å². The van der Waals surface area contributed by atoms with Gasteiger partial charge in [0, 0.05) is 6.42 Å². The molecule has 2 fully saturated rings. The first-order valence-electron chi connectivity index (χ1n) is 11.1. The minimum Gasteiger partial charge on any atom is -0.371 e. The molecular formula is C27H28O5. The quantitative estimate of drug-likeness (QED) is 0.453. The van der Waals surface area contributed by atoms with Gasteiger partial charge in [-0.2, -0.15) is 0 Å². The van der Waals surface area contributed by atoms with Crippen LogP contribution in [0, 0.1) is 0 Å². The number of hydrogen-bond acceptors (Lipinski definition) is 5. The Morgan fingerprint density at radius 2 is 1.19 bits per heavy atom. The lowest BCUT2D eigenvalue weighted by molar-refractivity contribution is -0.368. The summed E-state index contributed by atoms with van der Waals surface area (Å²) < 4.78 is 31.4. The minimum absolute atomic E-state index is 0.127. The van der Waals surface area contributed by atoms with Crippen LogP contribution in [0.4, 0.5) is 0 Å². The highest BCUT2D eigenvalue weighted by Crippen LogP contribution is 2.41. The molecule has 0 N–H and O–H groups in total. The Kier molecular flexibility index (Phi) is 6.62. The zero-order valence-electron chi connectivity index (χ0n) is 18.0. The summed E-state index contributed by atoms with van der Waals surface area (Å²) in [6.45, 7) is 1.77. The van der Waals surface area contributed by atoms with E-state index in [9.17, 15) is 0 Å². The van der Waals surface area contributed by atoms with Crippen LogP contribution in [0.1, 0.15) is 23.1 Å². The summed E-state index contributed by atoms with van der Waals surface area (Å²) in [6, 6.07) is 30.3. The first-order chi connectivity index (χ1) is 15.8. The summed E-state index contributed by atoms with van der Waals surface area (Å²) in [5, 5.41) is 0. The predicted octanol–water partition coefficient (Wildman–Crippen LogP) is 4.85. The first kappa shape index (κ1) is 21.3. The molecule has 3 aromatic rings. The van der Waals surface area contributed by atoms with Gasteiger partial charge in [0.15, 0.2) is 0 Å². The van der Waals surface area contributed by atoms with Crippen molar-refractivity contribution in [3.63, 3.8) is 0 Å². The second-order valence-electron chi connectivity index (χ2n) is 8.24. The molecule has 0 spiro atoms. The number of rotatable bonds is 9. The monoisotopic (exact) mass is 432 g/mol. The van der Waals surface area contributed by atoms with Crippen molar-refractivity contribution >= 4 is 0 Å². The van der Waals surface area contributed by atoms with Crippen molar-refractivity contribution in [1.82, 2.24) is 0 Å². The van der Waals surface area contributed by atoms with Gasteiger partial charge < -0.3 is 23.7 Å². The van der Waals surface area contributed by atoms with E-state index in [1.807, 2.05) is 78.9 Å². The summed E-state index contributed by atoms with van der Waals surface area (Å²) in [4.78, 5) is 0. The second-order valence-corrected chi connectivity index (χ2v) is 8.24. The topological polar surface area (TPSA) is 46.2 Å². The SMILES string of the molecule is c1ccc(CO[C@H]2CC(OCc3ccccc3)(OCc3ccccc3)[C@@H]3OC[C@H]2O3)cc1. The Morgan fingerprint density at radius 1 is 0.688 bits per heavy atom. The third-order valence-corrected chi connectivity index (χ3v) is 5.93. The van der Waals surface area contributed by atoms with Gasteiger partial charge in [-0.1, -0.05) is 91.0 Å². The standard InChI is InChI=1S/C27H28O5/c1-4-10-21(11-5-1)17-28-24-16-27(26-29-20-25(24)32-26,30-18-22-12-6-2-7-13-22)31-19-23-14-8-3-9-15-23/h1-15,24-26H,16-20H2/t24-,25+,26+/m0/s1. The zero-order chi connectivity index (χ0) is 21.6. The Balaban J connectivity index is 1.34. The lowest BCUT2D eigenvalue weighted by Crippen LogP contribution is -2.55. The third kappa shape index (κ3) is 4.93. The maximum absolute atomic E-state index is 6.44. The molecule has 2 aliphatic heterocycles. The van der Waals surface area contributed by atoms with E-state index in [2.05, 4.69) is 12.1 Å². The highest BCUT2D eigenvalue weighted by atomic mass is 16.8. The highest BCUT2D eigenvalue weighted by Gasteiger charge is 2.56. The number of fused-ring (bicyclic) bond motifs is 2. The largest absolute Gasteiger partial charge is 0.371 e. The van der Waals surface area contributed by atoms with Gasteiger partial charge in [0.25, 0.3) is 0 Å². The molecular weight excluding hydrogens is 404 g/mol. The molecule has 0 aromatic heterocycles. The summed E-state index contributed by atoms with van der Waals surface area (Å²) in [5.74, 6) is -1.06. The Morgan fingerprint density at radius 3 is 1.72 bits per heavy atom. The lowest BCUT2D eigenvalue weighted by atomic mass is 10.0. The molecule has 0 saturated carbocycles. The fourth-order valence-electron chi connectivity index (χ4n) is 4.15. The van der Waals surface area contributed by atoms with Gasteiger partial charge in [-0.05, 0) is 16.7 Å².